The second kappa shape index (κ2) is 16.5. The highest BCUT2D eigenvalue weighted by atomic mass is 16.3. The largest absolute Gasteiger partial charge is 0.457 e. The molecule has 0 aliphatic carbocycles. The van der Waals surface area contributed by atoms with E-state index in [-0.39, 0.29) is 0 Å². The Morgan fingerprint density at radius 1 is 0.221 bits per heavy atom. The standard InChI is InChI=1S/C48H49B19O/c49-28-24(37(58)45(66)47-26(28)27-38(59)43(64)44(65)46(67)48(27)68-47)25-35(56)33(54)23(34(55)36(25)57)18-21-19(29(50)39(60)41(62)31(21)52)17(20-22(18)32(53)42(63)40(61)30(20)51)16-9-8-14-10-13(6-7-15(14)11-16)12-4-2-1-3-5-12/h1-11H,49-67H2. The zero-order chi connectivity index (χ0) is 48.8. The summed E-state index contributed by atoms with van der Waals surface area (Å²) in [7, 11) is 44.5. The van der Waals surface area contributed by atoms with E-state index < -0.39 is 0 Å². The number of rotatable bonds is 4. The van der Waals surface area contributed by atoms with Crippen molar-refractivity contribution in [3.05, 3.63) is 66.7 Å². The van der Waals surface area contributed by atoms with Gasteiger partial charge in [-0.3, -0.25) is 0 Å². The van der Waals surface area contributed by atoms with Gasteiger partial charge in [-0.2, -0.15) is 0 Å². The summed E-state index contributed by atoms with van der Waals surface area (Å²) in [6, 6.07) is 24.9. The van der Waals surface area contributed by atoms with E-state index in [9.17, 15) is 0 Å². The number of benzene rings is 9. The Labute approximate surface area is 420 Å². The molecule has 10 aromatic rings. The molecule has 0 spiro atoms. The van der Waals surface area contributed by atoms with E-state index in [0.29, 0.717) is 0 Å². The lowest BCUT2D eigenvalue weighted by molar-refractivity contribution is 0.675. The number of hydrogen-bond donors (Lipinski definition) is 0. The maximum Gasteiger partial charge on any atom is 0.143 e. The van der Waals surface area contributed by atoms with Crippen LogP contribution in [0.2, 0.25) is 0 Å². The van der Waals surface area contributed by atoms with E-state index in [1.807, 2.05) is 0 Å². The molecule has 0 saturated heterocycles. The lowest BCUT2D eigenvalue weighted by atomic mass is 9.56. The van der Waals surface area contributed by atoms with Crippen LogP contribution >= 0.6 is 0 Å². The van der Waals surface area contributed by atoms with Gasteiger partial charge >= 0.3 is 0 Å². The van der Waals surface area contributed by atoms with E-state index >= 15 is 0 Å². The first-order chi connectivity index (χ1) is 32.2. The molecule has 0 saturated carbocycles. The van der Waals surface area contributed by atoms with Crippen molar-refractivity contribution >= 4 is 307 Å². The summed E-state index contributed by atoms with van der Waals surface area (Å²) < 4.78 is 6.91. The lowest BCUT2D eigenvalue weighted by Gasteiger charge is -2.31. The van der Waals surface area contributed by atoms with Gasteiger partial charge in [-0.1, -0.05) is 131 Å². The second-order valence-electron chi connectivity index (χ2n) is 20.9. The number of hydrogen-bond acceptors (Lipinski definition) is 1. The minimum atomic E-state index is 1.03. The average Bonchev–Trinajstić information content (AvgIpc) is 3.75. The van der Waals surface area contributed by atoms with Gasteiger partial charge < -0.3 is 4.42 Å². The number of fused-ring (bicyclic) bond motifs is 6. The number of furan rings is 1. The van der Waals surface area contributed by atoms with Crippen molar-refractivity contribution in [3.63, 3.8) is 0 Å². The van der Waals surface area contributed by atoms with Gasteiger partial charge in [0.25, 0.3) is 0 Å². The highest BCUT2D eigenvalue weighted by Crippen LogP contribution is 2.41. The molecule has 68 heavy (non-hydrogen) atoms. The highest BCUT2D eigenvalue weighted by Gasteiger charge is 2.30. The van der Waals surface area contributed by atoms with E-state index in [4.69, 9.17) is 4.42 Å². The Morgan fingerprint density at radius 3 is 1.01 bits per heavy atom. The summed E-state index contributed by atoms with van der Waals surface area (Å²) in [5.74, 6) is 0. The Hall–Kier alpha value is -5.21. The Balaban J connectivity index is 1.34. The predicted octanol–water partition coefficient (Wildman–Crippen LogP) is -19.4. The molecule has 0 atom stereocenters. The van der Waals surface area contributed by atoms with Crippen LogP contribution in [-0.4, -0.2) is 149 Å². The third-order valence-electron chi connectivity index (χ3n) is 18.1. The van der Waals surface area contributed by atoms with Crippen LogP contribution in [0.25, 0.3) is 98.8 Å². The maximum absolute atomic E-state index is 6.91. The Kier molecular flexibility index (Phi) is 11.3. The Morgan fingerprint density at radius 2 is 0.544 bits per heavy atom. The van der Waals surface area contributed by atoms with Crippen LogP contribution in [-0.2, 0) is 0 Å². The van der Waals surface area contributed by atoms with Gasteiger partial charge in [-0.05, 0) is 89.0 Å². The van der Waals surface area contributed by atoms with E-state index in [0.717, 1.165) is 11.2 Å². The van der Waals surface area contributed by atoms with Gasteiger partial charge in [0.05, 0.1) is 0 Å². The van der Waals surface area contributed by atoms with Crippen molar-refractivity contribution in [1.82, 2.24) is 0 Å². The summed E-state index contributed by atoms with van der Waals surface area (Å²) in [5.41, 5.74) is 38.2. The summed E-state index contributed by atoms with van der Waals surface area (Å²) in [4.78, 5) is 0. The lowest BCUT2D eigenvalue weighted by Crippen LogP contribution is -2.51. The van der Waals surface area contributed by atoms with Crippen LogP contribution in [0.5, 0.6) is 0 Å². The molecule has 20 heteroatoms. The molecule has 304 valence electrons. The van der Waals surface area contributed by atoms with Gasteiger partial charge in [-0.25, -0.2) is 0 Å². The zero-order valence-corrected chi connectivity index (χ0v) is 44.3. The molecular formula is C48H49B19O. The van der Waals surface area contributed by atoms with Crippen molar-refractivity contribution in [2.45, 2.75) is 0 Å². The molecule has 1 nitrogen and oxygen atoms in total. The molecule has 0 N–H and O–H groups in total. The molecule has 9 aromatic carbocycles. The quantitative estimate of drug-likeness (QED) is 0.127. The molecular weight excluding hydrogens is 798 g/mol. The van der Waals surface area contributed by atoms with Gasteiger partial charge in [-0.15, -0.1) is 27.3 Å². The molecule has 0 radical (unpaired) electrons. The minimum Gasteiger partial charge on any atom is -0.457 e. The first-order valence-electron chi connectivity index (χ1n) is 24.8. The van der Waals surface area contributed by atoms with Gasteiger partial charge in [0.2, 0.25) is 0 Å². The Bertz CT molecular complexity index is 3850. The normalized spacial score (nSPS) is 11.8. The molecule has 0 aliphatic heterocycles. The third kappa shape index (κ3) is 6.36. The van der Waals surface area contributed by atoms with Crippen molar-refractivity contribution in [2.24, 2.45) is 0 Å². The van der Waals surface area contributed by atoms with Crippen LogP contribution in [0.15, 0.2) is 71.1 Å². The minimum absolute atomic E-state index is 1.03. The van der Waals surface area contributed by atoms with Gasteiger partial charge in [0.15, 0.2) is 0 Å². The zero-order valence-electron chi connectivity index (χ0n) is 44.3. The van der Waals surface area contributed by atoms with E-state index in [1.165, 1.54) is 191 Å². The molecule has 0 unspecified atom stereocenters. The first kappa shape index (κ1) is 46.5. The summed E-state index contributed by atoms with van der Waals surface area (Å²) in [5, 5.41) is 10.6. The second-order valence-corrected chi connectivity index (χ2v) is 20.9. The smallest absolute Gasteiger partial charge is 0.143 e. The summed E-state index contributed by atoms with van der Waals surface area (Å²) >= 11 is 0. The van der Waals surface area contributed by atoms with Crippen molar-refractivity contribution in [3.8, 4) is 44.5 Å². The fourth-order valence-electron chi connectivity index (χ4n) is 12.7. The van der Waals surface area contributed by atoms with Crippen LogP contribution in [0.1, 0.15) is 0 Å². The average molecular weight is 847 g/mol. The summed E-state index contributed by atoms with van der Waals surface area (Å²) in [6.07, 6.45) is 0. The van der Waals surface area contributed by atoms with Crippen LogP contribution in [0, 0.1) is 0 Å². The molecule has 1 heterocycles. The maximum atomic E-state index is 6.91. The van der Waals surface area contributed by atoms with Crippen molar-refractivity contribution in [1.29, 1.82) is 0 Å². The van der Waals surface area contributed by atoms with Crippen molar-refractivity contribution in [2.75, 3.05) is 0 Å². The van der Waals surface area contributed by atoms with E-state index in [2.05, 4.69) is 216 Å². The van der Waals surface area contributed by atoms with Crippen LogP contribution in [0.4, 0.5) is 0 Å². The fraction of sp³-hybridized carbons (Fsp3) is 0. The topological polar surface area (TPSA) is 13.1 Å². The van der Waals surface area contributed by atoms with Crippen LogP contribution in [0.3, 0.4) is 0 Å². The van der Waals surface area contributed by atoms with Gasteiger partial charge in [0, 0.05) is 10.8 Å². The molecule has 0 amide bonds. The van der Waals surface area contributed by atoms with Crippen LogP contribution < -0.4 is 104 Å². The van der Waals surface area contributed by atoms with Crippen molar-refractivity contribution < 1.29 is 4.42 Å². The summed E-state index contributed by atoms with van der Waals surface area (Å²) in [6.45, 7) is 0. The molecule has 10 rings (SSSR count). The fourth-order valence-corrected chi connectivity index (χ4v) is 12.7. The highest BCUT2D eigenvalue weighted by molar-refractivity contribution is 6.74. The molecule has 1 aromatic heterocycles. The predicted molar refractivity (Wildman–Crippen MR) is 363 cm³/mol. The first-order valence-corrected chi connectivity index (χ1v) is 24.8. The van der Waals surface area contributed by atoms with E-state index in [1.54, 1.807) is 0 Å². The molecule has 0 aliphatic rings. The third-order valence-corrected chi connectivity index (χ3v) is 18.1. The monoisotopic (exact) mass is 851 g/mol. The SMILES string of the molecule is Bc1c(B)c(-c2c3c(B)c(B)c(B)c(B)c3c(-c3ccc4cc(-c5ccccc5)ccc4c3)c3c(B)c(B)c(B)c(B)c23)c(B)c(B)c1-c1c(B)c(B)c2oc3c(B)c(B)c(B)c(B)c3c2c1B. The molecule has 0 fully saturated rings. The van der Waals surface area contributed by atoms with Gasteiger partial charge in [0.1, 0.15) is 160 Å². The molecule has 0 bridgehead atoms.